The van der Waals surface area contributed by atoms with Crippen molar-refractivity contribution >= 4 is 28.3 Å². The molecule has 0 spiro atoms. The minimum Gasteiger partial charge on any atom is -0.355 e. The number of hydrogen-bond donors (Lipinski definition) is 3. The van der Waals surface area contributed by atoms with E-state index in [4.69, 9.17) is 0 Å². The normalized spacial score (nSPS) is 10.7. The van der Waals surface area contributed by atoms with Gasteiger partial charge >= 0.3 is 6.03 Å². The predicted molar refractivity (Wildman–Crippen MR) is 103 cm³/mol. The van der Waals surface area contributed by atoms with Crippen LogP contribution < -0.4 is 10.6 Å². The van der Waals surface area contributed by atoms with Gasteiger partial charge in [0.05, 0.1) is 5.69 Å². The van der Waals surface area contributed by atoms with Crippen LogP contribution in [0, 0.1) is 11.6 Å². The van der Waals surface area contributed by atoms with Gasteiger partial charge in [-0.25, -0.2) is 13.6 Å². The highest BCUT2D eigenvalue weighted by Crippen LogP contribution is 2.25. The van der Waals surface area contributed by atoms with Crippen molar-refractivity contribution in [2.75, 3.05) is 10.6 Å². The molecule has 1 heterocycles. The number of carbonyl (C=O) groups is 1. The van der Waals surface area contributed by atoms with Crippen LogP contribution in [0.15, 0.2) is 72.8 Å². The lowest BCUT2D eigenvalue weighted by molar-refractivity contribution is 0.262. The highest BCUT2D eigenvalue weighted by Gasteiger charge is 2.09. The Hall–Kier alpha value is -3.67. The number of rotatable bonds is 3. The molecule has 0 saturated carbocycles. The summed E-state index contributed by atoms with van der Waals surface area (Å²) in [4.78, 5) is 15.3. The van der Waals surface area contributed by atoms with Gasteiger partial charge in [-0.3, -0.25) is 0 Å². The second-order valence-corrected chi connectivity index (χ2v) is 6.05. The first kappa shape index (κ1) is 16.8. The molecule has 0 aliphatic heterocycles. The summed E-state index contributed by atoms with van der Waals surface area (Å²) in [6, 6.07) is 19.5. The fraction of sp³-hybridized carbons (Fsp3) is 0. The van der Waals surface area contributed by atoms with Gasteiger partial charge in [0, 0.05) is 28.4 Å². The molecule has 0 atom stereocenters. The lowest BCUT2D eigenvalue weighted by Crippen LogP contribution is -2.20. The van der Waals surface area contributed by atoms with E-state index in [1.807, 2.05) is 36.4 Å². The van der Waals surface area contributed by atoms with Gasteiger partial charge in [-0.05, 0) is 42.0 Å². The van der Waals surface area contributed by atoms with Gasteiger partial charge in [0.2, 0.25) is 0 Å². The number of aromatic nitrogens is 1. The predicted octanol–water partition coefficient (Wildman–Crippen LogP) is 5.76. The van der Waals surface area contributed by atoms with Crippen LogP contribution in [0.5, 0.6) is 0 Å². The van der Waals surface area contributed by atoms with Gasteiger partial charge < -0.3 is 15.6 Å². The quantitative estimate of drug-likeness (QED) is 0.426. The summed E-state index contributed by atoms with van der Waals surface area (Å²) in [5, 5.41) is 6.00. The molecule has 27 heavy (non-hydrogen) atoms. The molecule has 2 amide bonds. The number of hydrogen-bond acceptors (Lipinski definition) is 1. The number of fused-ring (bicyclic) bond motifs is 1. The lowest BCUT2D eigenvalue weighted by atomic mass is 10.1. The zero-order chi connectivity index (χ0) is 18.8. The molecule has 3 N–H and O–H groups in total. The molecular weight excluding hydrogens is 348 g/mol. The average molecular weight is 363 g/mol. The van der Waals surface area contributed by atoms with Crippen molar-refractivity contribution < 1.29 is 13.6 Å². The molecule has 6 heteroatoms. The van der Waals surface area contributed by atoms with E-state index in [0.717, 1.165) is 40.4 Å². The van der Waals surface area contributed by atoms with E-state index in [9.17, 15) is 13.6 Å². The van der Waals surface area contributed by atoms with Crippen molar-refractivity contribution in [3.8, 4) is 11.3 Å². The summed E-state index contributed by atoms with van der Waals surface area (Å²) in [5.74, 6) is -1.34. The standard InChI is InChI=1S/C21H15F2N3O/c22-15-7-10-17(23)20(12-15)26-21(27)24-16-8-5-13(6-9-16)19-11-14-3-1-2-4-18(14)25-19/h1-12,25H,(H2,24,26,27). The summed E-state index contributed by atoms with van der Waals surface area (Å²) >= 11 is 0. The first-order valence-corrected chi connectivity index (χ1v) is 8.30. The maximum atomic E-state index is 13.6. The van der Waals surface area contributed by atoms with Gasteiger partial charge in [0.1, 0.15) is 11.6 Å². The van der Waals surface area contributed by atoms with Crippen molar-refractivity contribution in [1.82, 2.24) is 4.98 Å². The van der Waals surface area contributed by atoms with Crippen LogP contribution in [-0.2, 0) is 0 Å². The van der Waals surface area contributed by atoms with Crippen LogP contribution in [-0.4, -0.2) is 11.0 Å². The zero-order valence-corrected chi connectivity index (χ0v) is 14.1. The number of para-hydroxylation sites is 1. The van der Waals surface area contributed by atoms with Gasteiger partial charge in [-0.15, -0.1) is 0 Å². The van der Waals surface area contributed by atoms with Crippen molar-refractivity contribution in [3.63, 3.8) is 0 Å². The molecular formula is C21H15F2N3O. The Kier molecular flexibility index (Phi) is 4.30. The Morgan fingerprint density at radius 2 is 1.63 bits per heavy atom. The smallest absolute Gasteiger partial charge is 0.323 e. The van der Waals surface area contributed by atoms with E-state index in [1.165, 1.54) is 0 Å². The molecule has 134 valence electrons. The van der Waals surface area contributed by atoms with Crippen LogP contribution >= 0.6 is 0 Å². The van der Waals surface area contributed by atoms with E-state index >= 15 is 0 Å². The number of carbonyl (C=O) groups excluding carboxylic acids is 1. The average Bonchev–Trinajstić information content (AvgIpc) is 3.09. The van der Waals surface area contributed by atoms with Crippen LogP contribution in [0.3, 0.4) is 0 Å². The Labute approximate surface area is 153 Å². The number of halogens is 2. The van der Waals surface area contributed by atoms with Crippen LogP contribution in [0.2, 0.25) is 0 Å². The number of anilines is 2. The zero-order valence-electron chi connectivity index (χ0n) is 14.1. The first-order chi connectivity index (χ1) is 13.1. The van der Waals surface area contributed by atoms with Gasteiger partial charge in [-0.2, -0.15) is 0 Å². The van der Waals surface area contributed by atoms with Crippen LogP contribution in [0.1, 0.15) is 0 Å². The third-order valence-corrected chi connectivity index (χ3v) is 4.16. The molecule has 0 bridgehead atoms. The number of amides is 2. The van der Waals surface area contributed by atoms with Crippen LogP contribution in [0.4, 0.5) is 25.0 Å². The van der Waals surface area contributed by atoms with E-state index in [1.54, 1.807) is 12.1 Å². The minimum absolute atomic E-state index is 0.220. The summed E-state index contributed by atoms with van der Waals surface area (Å²) in [6.07, 6.45) is 0. The Bertz CT molecular complexity index is 1090. The minimum atomic E-state index is -0.708. The third-order valence-electron chi connectivity index (χ3n) is 4.16. The number of aromatic amines is 1. The number of nitrogens with one attached hydrogen (secondary N) is 3. The van der Waals surface area contributed by atoms with E-state index < -0.39 is 17.7 Å². The molecule has 0 radical (unpaired) electrons. The Morgan fingerprint density at radius 3 is 2.41 bits per heavy atom. The van der Waals surface area contributed by atoms with Crippen molar-refractivity contribution in [2.45, 2.75) is 0 Å². The summed E-state index contributed by atoms with van der Waals surface area (Å²) < 4.78 is 26.8. The third kappa shape index (κ3) is 3.64. The molecule has 0 saturated heterocycles. The van der Waals surface area contributed by atoms with Crippen molar-refractivity contribution in [1.29, 1.82) is 0 Å². The number of H-pyrrole nitrogens is 1. The van der Waals surface area contributed by atoms with E-state index in [0.29, 0.717) is 5.69 Å². The van der Waals surface area contributed by atoms with E-state index in [2.05, 4.69) is 21.7 Å². The number of benzene rings is 3. The largest absolute Gasteiger partial charge is 0.355 e. The van der Waals surface area contributed by atoms with Crippen molar-refractivity contribution in [2.24, 2.45) is 0 Å². The van der Waals surface area contributed by atoms with Crippen LogP contribution in [0.25, 0.3) is 22.2 Å². The highest BCUT2D eigenvalue weighted by molar-refractivity contribution is 6.00. The summed E-state index contributed by atoms with van der Waals surface area (Å²) in [5.41, 5.74) is 3.29. The highest BCUT2D eigenvalue weighted by atomic mass is 19.1. The lowest BCUT2D eigenvalue weighted by Gasteiger charge is -2.09. The molecule has 4 nitrogen and oxygen atoms in total. The monoisotopic (exact) mass is 363 g/mol. The first-order valence-electron chi connectivity index (χ1n) is 8.30. The molecule has 0 unspecified atom stereocenters. The summed E-state index contributed by atoms with van der Waals surface area (Å²) in [7, 11) is 0. The Balaban J connectivity index is 1.47. The molecule has 0 fully saturated rings. The van der Waals surface area contributed by atoms with Gasteiger partial charge in [-0.1, -0.05) is 30.3 Å². The molecule has 3 aromatic carbocycles. The second-order valence-electron chi connectivity index (χ2n) is 6.05. The fourth-order valence-corrected chi connectivity index (χ4v) is 2.84. The topological polar surface area (TPSA) is 56.9 Å². The van der Waals surface area contributed by atoms with E-state index in [-0.39, 0.29) is 5.69 Å². The maximum Gasteiger partial charge on any atom is 0.323 e. The maximum absolute atomic E-state index is 13.6. The molecule has 0 aliphatic carbocycles. The molecule has 4 aromatic rings. The number of urea groups is 1. The fourth-order valence-electron chi connectivity index (χ4n) is 2.84. The van der Waals surface area contributed by atoms with Crippen molar-refractivity contribution in [3.05, 3.63) is 84.4 Å². The van der Waals surface area contributed by atoms with Gasteiger partial charge in [0.25, 0.3) is 0 Å². The molecule has 4 rings (SSSR count). The Morgan fingerprint density at radius 1 is 0.852 bits per heavy atom. The molecule has 0 aliphatic rings. The van der Waals surface area contributed by atoms with Gasteiger partial charge in [0.15, 0.2) is 0 Å². The second kappa shape index (κ2) is 6.92. The SMILES string of the molecule is O=C(Nc1ccc(-c2cc3ccccc3[nH]2)cc1)Nc1cc(F)ccc1F. The molecule has 1 aromatic heterocycles. The summed E-state index contributed by atoms with van der Waals surface area (Å²) in [6.45, 7) is 0.